The molecule has 1 saturated heterocycles. The zero-order valence-corrected chi connectivity index (χ0v) is 18.5. The van der Waals surface area contributed by atoms with Crippen molar-refractivity contribution in [2.75, 3.05) is 37.0 Å². The number of ether oxygens (including phenoxy) is 2. The van der Waals surface area contributed by atoms with Crippen LogP contribution in [0.4, 0.5) is 21.6 Å². The second-order valence-electron chi connectivity index (χ2n) is 8.02. The molecule has 0 radical (unpaired) electrons. The summed E-state index contributed by atoms with van der Waals surface area (Å²) in [6, 6.07) is 7.48. The van der Waals surface area contributed by atoms with Gasteiger partial charge in [0.25, 0.3) is 0 Å². The van der Waals surface area contributed by atoms with Crippen LogP contribution in [-0.4, -0.2) is 47.9 Å². The quantitative estimate of drug-likeness (QED) is 0.611. The van der Waals surface area contributed by atoms with Crippen LogP contribution in [0, 0.1) is 5.82 Å². The van der Waals surface area contributed by atoms with E-state index < -0.39 is 0 Å². The second kappa shape index (κ2) is 9.03. The minimum absolute atomic E-state index is 0.0805. The van der Waals surface area contributed by atoms with Gasteiger partial charge in [-0.15, -0.1) is 0 Å². The predicted octanol–water partition coefficient (Wildman–Crippen LogP) is 3.73. The van der Waals surface area contributed by atoms with Gasteiger partial charge >= 0.3 is 6.01 Å². The number of anilines is 3. The second-order valence-corrected chi connectivity index (χ2v) is 8.02. The molecule has 8 nitrogen and oxygen atoms in total. The lowest BCUT2D eigenvalue weighted by atomic mass is 10.0. The Balaban J connectivity index is 1.46. The Bertz CT molecular complexity index is 1180. The first-order valence-corrected chi connectivity index (χ1v) is 10.8. The van der Waals surface area contributed by atoms with Gasteiger partial charge in [-0.3, -0.25) is 0 Å². The van der Waals surface area contributed by atoms with E-state index in [0.29, 0.717) is 55.1 Å². The van der Waals surface area contributed by atoms with Crippen LogP contribution in [0.15, 0.2) is 42.9 Å². The van der Waals surface area contributed by atoms with Crippen molar-refractivity contribution in [1.82, 2.24) is 20.3 Å². The molecule has 9 heteroatoms. The highest BCUT2D eigenvalue weighted by Gasteiger charge is 2.20. The fourth-order valence-electron chi connectivity index (χ4n) is 4.06. The summed E-state index contributed by atoms with van der Waals surface area (Å²) in [7, 11) is 1.52. The van der Waals surface area contributed by atoms with Crippen LogP contribution in [0.25, 0.3) is 17.3 Å². The average molecular weight is 449 g/mol. The summed E-state index contributed by atoms with van der Waals surface area (Å²) >= 11 is 0. The summed E-state index contributed by atoms with van der Waals surface area (Å²) in [4.78, 5) is 15.2. The summed E-state index contributed by atoms with van der Waals surface area (Å²) in [5.74, 6) is 0.378. The Morgan fingerprint density at radius 1 is 1.24 bits per heavy atom. The van der Waals surface area contributed by atoms with E-state index in [1.54, 1.807) is 12.4 Å². The maximum atomic E-state index is 15.0. The zero-order chi connectivity index (χ0) is 22.8. The van der Waals surface area contributed by atoms with Gasteiger partial charge in [0, 0.05) is 48.8 Å². The smallest absolute Gasteiger partial charge is 0.316 e. The summed E-state index contributed by atoms with van der Waals surface area (Å²) in [5, 5.41) is 6.53. The number of benzene rings is 1. The molecule has 2 aromatic heterocycles. The topological polar surface area (TPSA) is 84.4 Å². The predicted molar refractivity (Wildman–Crippen MR) is 125 cm³/mol. The van der Waals surface area contributed by atoms with Crippen LogP contribution in [0.5, 0.6) is 6.01 Å². The van der Waals surface area contributed by atoms with Crippen molar-refractivity contribution < 1.29 is 13.9 Å². The Hall–Kier alpha value is -3.72. The fourth-order valence-corrected chi connectivity index (χ4v) is 4.06. The molecule has 0 unspecified atom stereocenters. The average Bonchev–Trinajstić information content (AvgIpc) is 2.84. The molecule has 0 saturated carbocycles. The van der Waals surface area contributed by atoms with E-state index in [9.17, 15) is 0 Å². The molecule has 0 bridgehead atoms. The van der Waals surface area contributed by atoms with Crippen molar-refractivity contribution in [1.29, 1.82) is 0 Å². The highest BCUT2D eigenvalue weighted by atomic mass is 19.1. The van der Waals surface area contributed by atoms with Crippen molar-refractivity contribution in [3.8, 4) is 17.3 Å². The lowest BCUT2D eigenvalue weighted by Crippen LogP contribution is -2.41. The normalized spacial score (nSPS) is 17.3. The van der Waals surface area contributed by atoms with Gasteiger partial charge < -0.3 is 25.0 Å². The molecule has 1 aromatic carbocycles. The molecule has 0 spiro atoms. The number of hydrogen-bond donors (Lipinski definition) is 2. The highest BCUT2D eigenvalue weighted by Crippen LogP contribution is 2.31. The molecule has 0 amide bonds. The number of methoxy groups -OCH3 is 1. The number of pyridine rings is 1. The molecule has 2 aliphatic heterocycles. The fraction of sp³-hybridized carbons (Fsp3) is 0.292. The number of fused-ring (bicyclic) bond motifs is 1. The third-order valence-corrected chi connectivity index (χ3v) is 5.72. The van der Waals surface area contributed by atoms with Crippen LogP contribution < -0.4 is 20.3 Å². The molecular weight excluding hydrogens is 423 g/mol. The standard InChI is InChI=1S/C24H25FN6O2/c1-15-14-31(7-8-33-15)22-4-3-18(10-20(22)25)29-23-19-13-26-6-5-16(19)9-21(30-23)17-11-27-24(32-2)28-12-17/h3-6,9-12,15,26H,7-8,13-14H2,1-2H3,(H,29,30)/t15-/m1/s1. The number of halogens is 1. The third-order valence-electron chi connectivity index (χ3n) is 5.72. The van der Waals surface area contributed by atoms with Gasteiger partial charge in [0.15, 0.2) is 0 Å². The zero-order valence-electron chi connectivity index (χ0n) is 18.5. The first-order chi connectivity index (χ1) is 16.1. The maximum absolute atomic E-state index is 15.0. The number of nitrogens with zero attached hydrogens (tertiary/aromatic N) is 4. The van der Waals surface area contributed by atoms with Crippen molar-refractivity contribution in [2.24, 2.45) is 0 Å². The Kier molecular flexibility index (Phi) is 5.78. The monoisotopic (exact) mass is 448 g/mol. The molecule has 170 valence electrons. The van der Waals surface area contributed by atoms with E-state index in [1.807, 2.05) is 42.3 Å². The number of morpholine rings is 1. The van der Waals surface area contributed by atoms with Crippen LogP contribution in [0.2, 0.25) is 0 Å². The van der Waals surface area contributed by atoms with E-state index in [-0.39, 0.29) is 11.9 Å². The van der Waals surface area contributed by atoms with Gasteiger partial charge in [-0.1, -0.05) is 0 Å². The van der Waals surface area contributed by atoms with Crippen molar-refractivity contribution in [2.45, 2.75) is 19.6 Å². The number of rotatable bonds is 5. The lowest BCUT2D eigenvalue weighted by molar-refractivity contribution is 0.0530. The van der Waals surface area contributed by atoms with Gasteiger partial charge in [0.2, 0.25) is 0 Å². The van der Waals surface area contributed by atoms with Crippen LogP contribution in [0.3, 0.4) is 0 Å². The van der Waals surface area contributed by atoms with Crippen LogP contribution >= 0.6 is 0 Å². The molecule has 2 N–H and O–H groups in total. The maximum Gasteiger partial charge on any atom is 0.316 e. The minimum atomic E-state index is -0.277. The van der Waals surface area contributed by atoms with Crippen molar-refractivity contribution >= 4 is 23.3 Å². The summed E-state index contributed by atoms with van der Waals surface area (Å²) in [6.07, 6.45) is 7.32. The van der Waals surface area contributed by atoms with Gasteiger partial charge in [0.05, 0.1) is 31.2 Å². The molecule has 0 aliphatic carbocycles. The lowest BCUT2D eigenvalue weighted by Gasteiger charge is -2.33. The molecule has 1 fully saturated rings. The molecule has 4 heterocycles. The van der Waals surface area contributed by atoms with Gasteiger partial charge in [-0.2, -0.15) is 0 Å². The third kappa shape index (κ3) is 4.45. The number of nitrogens with one attached hydrogen (secondary N) is 2. The van der Waals surface area contributed by atoms with Gasteiger partial charge in [-0.05, 0) is 49.0 Å². The summed E-state index contributed by atoms with van der Waals surface area (Å²) in [5.41, 5.74) is 4.71. The van der Waals surface area contributed by atoms with Crippen molar-refractivity contribution in [3.63, 3.8) is 0 Å². The molecular formula is C24H25FN6O2. The van der Waals surface area contributed by atoms with Crippen LogP contribution in [0.1, 0.15) is 18.1 Å². The van der Waals surface area contributed by atoms with E-state index in [1.165, 1.54) is 13.2 Å². The molecule has 33 heavy (non-hydrogen) atoms. The van der Waals surface area contributed by atoms with Gasteiger partial charge in [-0.25, -0.2) is 19.3 Å². The Morgan fingerprint density at radius 2 is 2.09 bits per heavy atom. The van der Waals surface area contributed by atoms with Gasteiger partial charge in [0.1, 0.15) is 11.6 Å². The molecule has 3 aromatic rings. The Morgan fingerprint density at radius 3 is 2.85 bits per heavy atom. The van der Waals surface area contributed by atoms with Crippen molar-refractivity contribution in [3.05, 3.63) is 59.8 Å². The first-order valence-electron chi connectivity index (χ1n) is 10.8. The SMILES string of the molecule is COc1ncc(-c2cc3c(c(Nc4ccc(N5CCO[C@H](C)C5)c(F)c4)n2)CNC=C3)cn1. The largest absolute Gasteiger partial charge is 0.467 e. The van der Waals surface area contributed by atoms with E-state index >= 15 is 4.39 Å². The van der Waals surface area contributed by atoms with E-state index in [4.69, 9.17) is 14.5 Å². The first kappa shape index (κ1) is 21.1. The molecule has 5 rings (SSSR count). The molecule has 2 aliphatic rings. The Labute approximate surface area is 191 Å². The minimum Gasteiger partial charge on any atom is -0.467 e. The highest BCUT2D eigenvalue weighted by molar-refractivity contribution is 5.74. The summed E-state index contributed by atoms with van der Waals surface area (Å²) in [6.45, 7) is 4.56. The van der Waals surface area contributed by atoms with E-state index in [0.717, 1.165) is 16.7 Å². The molecule has 1 atom stereocenters. The number of hydrogen-bond acceptors (Lipinski definition) is 8. The summed E-state index contributed by atoms with van der Waals surface area (Å²) < 4.78 is 25.6. The van der Waals surface area contributed by atoms with E-state index in [2.05, 4.69) is 20.6 Å². The van der Waals surface area contributed by atoms with Crippen LogP contribution in [-0.2, 0) is 11.3 Å². The number of aromatic nitrogens is 3.